The van der Waals surface area contributed by atoms with Crippen LogP contribution in [-0.2, 0) is 32.9 Å². The van der Waals surface area contributed by atoms with Gasteiger partial charge in [0, 0.05) is 55.8 Å². The molecule has 4 aromatic rings. The van der Waals surface area contributed by atoms with Crippen LogP contribution in [0.5, 0.6) is 5.75 Å². The van der Waals surface area contributed by atoms with Crippen molar-refractivity contribution in [1.29, 1.82) is 0 Å². The molecule has 12 heteroatoms. The maximum absolute atomic E-state index is 14.2. The first-order chi connectivity index (χ1) is 23.6. The highest BCUT2D eigenvalue weighted by Gasteiger charge is 2.64. The van der Waals surface area contributed by atoms with E-state index in [1.807, 2.05) is 66.9 Å². The number of hydrazone groups is 1. The largest absolute Gasteiger partial charge is 0.497 e. The zero-order valence-electron chi connectivity index (χ0n) is 28.3. The first-order valence-corrected chi connectivity index (χ1v) is 20.0. The van der Waals surface area contributed by atoms with Gasteiger partial charge in [0.2, 0.25) is 5.91 Å². The van der Waals surface area contributed by atoms with Gasteiger partial charge >= 0.3 is 0 Å². The summed E-state index contributed by atoms with van der Waals surface area (Å²) in [6, 6.07) is 23.8. The number of nitrogens with zero attached hydrogens (tertiary/aromatic N) is 5. The maximum atomic E-state index is 14.2. The van der Waals surface area contributed by atoms with Gasteiger partial charge in [-0.25, -0.2) is 5.01 Å². The number of aliphatic hydroxyl groups is 1. The number of carbonyl (C=O) groups is 2. The molecule has 4 atom stereocenters. The normalized spacial score (nSPS) is 23.5. The van der Waals surface area contributed by atoms with Gasteiger partial charge in [-0.2, -0.15) is 5.10 Å². The topological polar surface area (TPSA) is 131 Å². The van der Waals surface area contributed by atoms with Gasteiger partial charge < -0.3 is 19.9 Å². The Morgan fingerprint density at radius 3 is 2.57 bits per heavy atom. The number of aromatic nitrogens is 3. The zero-order chi connectivity index (χ0) is 34.3. The number of nitrogens with one attached hydrogen (secondary N) is 1. The summed E-state index contributed by atoms with van der Waals surface area (Å²) in [5, 5.41) is 28.5. The molecule has 0 saturated carbocycles. The third kappa shape index (κ3) is 5.77. The minimum Gasteiger partial charge on any atom is -0.497 e. The van der Waals surface area contributed by atoms with E-state index in [0.717, 1.165) is 28.3 Å². The monoisotopic (exact) mass is 678 g/mol. The molecule has 49 heavy (non-hydrogen) atoms. The number of hydrogen-bond acceptors (Lipinski definition) is 8. The van der Waals surface area contributed by atoms with Crippen molar-refractivity contribution in [2.45, 2.75) is 69.5 Å². The Kier molecular flexibility index (Phi) is 8.72. The van der Waals surface area contributed by atoms with Gasteiger partial charge in [-0.05, 0) is 47.9 Å². The van der Waals surface area contributed by atoms with E-state index in [1.54, 1.807) is 11.8 Å². The van der Waals surface area contributed by atoms with Gasteiger partial charge in [-0.1, -0.05) is 72.9 Å². The first-order valence-electron chi connectivity index (χ1n) is 16.9. The number of ether oxygens (including phenoxy) is 2. The van der Waals surface area contributed by atoms with Crippen molar-refractivity contribution >= 4 is 42.2 Å². The van der Waals surface area contributed by atoms with Crippen LogP contribution in [0.1, 0.15) is 43.0 Å². The standard InChI is InChI=1S/C37H42N6O5Si/c1-24-35(49(3,4)29-13-11-28(47-2)12-14-29)33(18-20-42-23-26(19-21-44)39-41-42)48-37(24)30-22-27(10-15-32(30)38-36(37)46)43-34(45)17-16-31(40-43)25-8-6-5-7-9-25/h5-15,22-24,33,35,44H,16-21H2,1-4H3,(H,38,46)/t24-,33+,35-,37+/m1/s1. The first kappa shape index (κ1) is 32.9. The third-order valence-electron chi connectivity index (χ3n) is 10.6. The van der Waals surface area contributed by atoms with Crippen molar-refractivity contribution in [2.24, 2.45) is 11.0 Å². The van der Waals surface area contributed by atoms with Gasteiger partial charge in [0.25, 0.3) is 5.91 Å². The molecule has 1 saturated heterocycles. The molecular formula is C37H42N6O5Si. The summed E-state index contributed by atoms with van der Waals surface area (Å²) in [4.78, 5) is 27.5. The molecule has 3 aliphatic rings. The van der Waals surface area contributed by atoms with Crippen LogP contribution in [0, 0.1) is 5.92 Å². The molecule has 1 spiro atoms. The highest BCUT2D eigenvalue weighted by Crippen LogP contribution is 2.59. The summed E-state index contributed by atoms with van der Waals surface area (Å²) < 4.78 is 14.4. The van der Waals surface area contributed by atoms with E-state index in [-0.39, 0.29) is 36.0 Å². The number of hydrogen-bond donors (Lipinski definition) is 2. The Balaban J connectivity index is 1.27. The average Bonchev–Trinajstić information content (AvgIpc) is 3.78. The van der Waals surface area contributed by atoms with Crippen LogP contribution in [0.4, 0.5) is 11.4 Å². The lowest BCUT2D eigenvalue weighted by atomic mass is 9.82. The highest BCUT2D eigenvalue weighted by atomic mass is 28.3. The van der Waals surface area contributed by atoms with Gasteiger partial charge in [-0.15, -0.1) is 5.10 Å². The lowest BCUT2D eigenvalue weighted by Gasteiger charge is -2.37. The molecule has 2 N–H and O–H groups in total. The van der Waals surface area contributed by atoms with Crippen LogP contribution in [0.2, 0.25) is 18.6 Å². The van der Waals surface area contributed by atoms with Crippen LogP contribution < -0.4 is 20.2 Å². The molecule has 4 heterocycles. The summed E-state index contributed by atoms with van der Waals surface area (Å²) in [5.74, 6) is 0.315. The summed E-state index contributed by atoms with van der Waals surface area (Å²) >= 11 is 0. The van der Waals surface area contributed by atoms with E-state index in [2.05, 4.69) is 47.8 Å². The quantitative estimate of drug-likeness (QED) is 0.234. The fraction of sp³-hybridized carbons (Fsp3) is 0.378. The molecule has 0 unspecified atom stereocenters. The smallest absolute Gasteiger partial charge is 0.261 e. The number of methoxy groups -OCH3 is 1. The van der Waals surface area contributed by atoms with E-state index in [1.165, 1.54) is 10.2 Å². The second-order valence-electron chi connectivity index (χ2n) is 13.7. The number of amides is 2. The van der Waals surface area contributed by atoms with Gasteiger partial charge in [0.1, 0.15) is 5.75 Å². The van der Waals surface area contributed by atoms with Gasteiger partial charge in [0.05, 0.1) is 38.4 Å². The number of aryl methyl sites for hydroxylation is 1. The Bertz CT molecular complexity index is 1890. The number of fused-ring (bicyclic) bond motifs is 2. The molecular weight excluding hydrogens is 637 g/mol. The molecule has 0 radical (unpaired) electrons. The zero-order valence-corrected chi connectivity index (χ0v) is 29.3. The molecule has 254 valence electrons. The molecule has 3 aliphatic heterocycles. The molecule has 1 fully saturated rings. The fourth-order valence-corrected chi connectivity index (χ4v) is 12.1. The van der Waals surface area contributed by atoms with E-state index < -0.39 is 13.7 Å². The number of benzene rings is 3. The lowest BCUT2D eigenvalue weighted by Crippen LogP contribution is -2.51. The summed E-state index contributed by atoms with van der Waals surface area (Å²) in [7, 11) is -0.664. The number of rotatable bonds is 10. The molecule has 0 aliphatic carbocycles. The van der Waals surface area contributed by atoms with Crippen LogP contribution in [0.15, 0.2) is 84.1 Å². The third-order valence-corrected chi connectivity index (χ3v) is 14.9. The average molecular weight is 679 g/mol. The summed E-state index contributed by atoms with van der Waals surface area (Å²) in [5.41, 5.74) is 3.36. The number of carbonyl (C=O) groups excluding carboxylic acids is 2. The summed E-state index contributed by atoms with van der Waals surface area (Å²) in [6.45, 7) is 7.37. The molecule has 3 aromatic carbocycles. The molecule has 7 rings (SSSR count). The lowest BCUT2D eigenvalue weighted by molar-refractivity contribution is -0.143. The Morgan fingerprint density at radius 1 is 1.06 bits per heavy atom. The van der Waals surface area contributed by atoms with Gasteiger partial charge in [0.15, 0.2) is 5.60 Å². The van der Waals surface area contributed by atoms with Crippen molar-refractivity contribution in [3.8, 4) is 5.75 Å². The maximum Gasteiger partial charge on any atom is 0.261 e. The predicted octanol–water partition coefficient (Wildman–Crippen LogP) is 4.61. The van der Waals surface area contributed by atoms with Gasteiger partial charge in [-0.3, -0.25) is 14.3 Å². The number of aliphatic hydroxyl groups excluding tert-OH is 1. The molecule has 11 nitrogen and oxygen atoms in total. The van der Waals surface area contributed by atoms with Crippen LogP contribution in [-0.4, -0.2) is 65.5 Å². The molecule has 1 aromatic heterocycles. The SMILES string of the molecule is COc1ccc([Si](C)(C)[C@H]2[C@H](CCn3cc(CCO)nn3)O[C@@]3(C(=O)Nc4ccc(N5N=C(c6ccccc6)CCC5=O)cc43)[C@@H]2C)cc1. The number of anilines is 2. The summed E-state index contributed by atoms with van der Waals surface area (Å²) in [6.07, 6.45) is 3.54. The van der Waals surface area contributed by atoms with Crippen molar-refractivity contribution < 1.29 is 24.2 Å². The van der Waals surface area contributed by atoms with Crippen molar-refractivity contribution in [3.05, 3.63) is 95.8 Å². The second-order valence-corrected chi connectivity index (χ2v) is 18.4. The van der Waals surface area contributed by atoms with E-state index in [0.29, 0.717) is 43.6 Å². The molecule has 0 bridgehead atoms. The van der Waals surface area contributed by atoms with Crippen LogP contribution >= 0.6 is 0 Å². The van der Waals surface area contributed by atoms with E-state index in [9.17, 15) is 14.7 Å². The Labute approximate surface area is 286 Å². The van der Waals surface area contributed by atoms with Crippen LogP contribution in [0.3, 0.4) is 0 Å². The highest BCUT2D eigenvalue weighted by molar-refractivity contribution is 6.91. The fourth-order valence-electron chi connectivity index (χ4n) is 8.05. The molecule has 2 amide bonds. The second kappa shape index (κ2) is 13.0. The van der Waals surface area contributed by atoms with Crippen LogP contribution in [0.25, 0.3) is 0 Å². The van der Waals surface area contributed by atoms with Crippen molar-refractivity contribution in [1.82, 2.24) is 15.0 Å². The Hall–Kier alpha value is -4.65. The van der Waals surface area contributed by atoms with E-state index in [4.69, 9.17) is 14.6 Å². The predicted molar refractivity (Wildman–Crippen MR) is 190 cm³/mol. The minimum absolute atomic E-state index is 0.00655. The van der Waals surface area contributed by atoms with E-state index >= 15 is 0 Å². The Morgan fingerprint density at radius 2 is 1.84 bits per heavy atom. The van der Waals surface area contributed by atoms with Crippen molar-refractivity contribution in [2.75, 3.05) is 24.0 Å². The minimum atomic E-state index is -2.33. The van der Waals surface area contributed by atoms with Crippen molar-refractivity contribution in [3.63, 3.8) is 0 Å².